The van der Waals surface area contributed by atoms with Gasteiger partial charge in [0.05, 0.1) is 0 Å². The van der Waals surface area contributed by atoms with Crippen molar-refractivity contribution in [1.29, 1.82) is 0 Å². The number of fused-ring (bicyclic) bond motifs is 1. The van der Waals surface area contributed by atoms with Crippen molar-refractivity contribution in [1.82, 2.24) is 0 Å². The lowest BCUT2D eigenvalue weighted by molar-refractivity contribution is 0.471. The van der Waals surface area contributed by atoms with Gasteiger partial charge < -0.3 is 5.11 Å². The molecule has 0 spiro atoms. The summed E-state index contributed by atoms with van der Waals surface area (Å²) in [4.78, 5) is 0. The quantitative estimate of drug-likeness (QED) is 0.672. The predicted molar refractivity (Wildman–Crippen MR) is 58.1 cm³/mol. The molecule has 2 aromatic carbocycles. The summed E-state index contributed by atoms with van der Waals surface area (Å²) in [6.45, 7) is 0. The normalized spacial score (nSPS) is 9.93. The first-order chi connectivity index (χ1) is 6.83. The summed E-state index contributed by atoms with van der Waals surface area (Å²) in [6.07, 6.45) is 5.72. The highest BCUT2D eigenvalue weighted by atomic mass is 16.3. The minimum absolute atomic E-state index is 0.279. The molecule has 1 nitrogen and oxygen atoms in total. The molecule has 68 valence electrons. The van der Waals surface area contributed by atoms with E-state index in [1.165, 1.54) is 0 Å². The van der Waals surface area contributed by atoms with Gasteiger partial charge >= 0.3 is 0 Å². The van der Waals surface area contributed by atoms with Crippen LogP contribution in [0.15, 0.2) is 36.4 Å². The largest absolute Gasteiger partial charge is 0.508 e. The van der Waals surface area contributed by atoms with Crippen LogP contribution in [0.2, 0.25) is 0 Å². The van der Waals surface area contributed by atoms with Gasteiger partial charge in [-0.15, -0.1) is 12.3 Å². The fourth-order valence-electron chi connectivity index (χ4n) is 1.61. The number of hydrogen-bond acceptors (Lipinski definition) is 1. The molecule has 0 fully saturated rings. The molecule has 0 saturated carbocycles. The maximum atomic E-state index is 9.64. The van der Waals surface area contributed by atoms with E-state index < -0.39 is 0 Å². The van der Waals surface area contributed by atoms with E-state index in [9.17, 15) is 5.11 Å². The van der Waals surface area contributed by atoms with Crippen LogP contribution in [0.1, 0.15) is 5.56 Å². The monoisotopic (exact) mass is 182 g/mol. The Balaban J connectivity index is 2.77. The second-order valence-electron chi connectivity index (χ2n) is 3.17. The molecule has 0 amide bonds. The molecule has 0 bridgehead atoms. The Bertz CT molecular complexity index is 506. The average Bonchev–Trinajstić information content (AvgIpc) is 2.23. The molecule has 0 aliphatic heterocycles. The highest BCUT2D eigenvalue weighted by Crippen LogP contribution is 2.26. The molecule has 0 unspecified atom stereocenters. The Labute approximate surface area is 83.0 Å². The third kappa shape index (κ3) is 1.31. The van der Waals surface area contributed by atoms with Crippen molar-refractivity contribution < 1.29 is 5.11 Å². The van der Waals surface area contributed by atoms with Gasteiger partial charge in [0.2, 0.25) is 0 Å². The Kier molecular flexibility index (Phi) is 2.12. The fourth-order valence-corrected chi connectivity index (χ4v) is 1.61. The first-order valence-corrected chi connectivity index (χ1v) is 4.46. The van der Waals surface area contributed by atoms with Crippen LogP contribution >= 0.6 is 0 Å². The van der Waals surface area contributed by atoms with Crippen molar-refractivity contribution >= 4 is 10.8 Å². The topological polar surface area (TPSA) is 20.2 Å². The van der Waals surface area contributed by atoms with Gasteiger partial charge in [0.25, 0.3) is 0 Å². The van der Waals surface area contributed by atoms with E-state index in [1.807, 2.05) is 30.3 Å². The number of aromatic hydroxyl groups is 1. The van der Waals surface area contributed by atoms with E-state index in [1.54, 1.807) is 6.07 Å². The van der Waals surface area contributed by atoms with Crippen molar-refractivity contribution in [3.05, 3.63) is 42.0 Å². The molecular formula is C13H10O. The summed E-state index contributed by atoms with van der Waals surface area (Å²) in [5.74, 6) is 2.84. The molecule has 0 radical (unpaired) electrons. The van der Waals surface area contributed by atoms with Gasteiger partial charge in [0.15, 0.2) is 0 Å². The fraction of sp³-hybridized carbons (Fsp3) is 0.0769. The van der Waals surface area contributed by atoms with Crippen LogP contribution in [0.25, 0.3) is 10.8 Å². The van der Waals surface area contributed by atoms with Crippen LogP contribution in [-0.2, 0) is 6.42 Å². The zero-order valence-electron chi connectivity index (χ0n) is 7.70. The van der Waals surface area contributed by atoms with Gasteiger partial charge in [-0.05, 0) is 16.8 Å². The van der Waals surface area contributed by atoms with E-state index in [0.717, 1.165) is 16.3 Å². The number of phenolic OH excluding ortho intramolecular Hbond substituents is 1. The van der Waals surface area contributed by atoms with Gasteiger partial charge in [0, 0.05) is 12.0 Å². The minimum atomic E-state index is 0.279. The third-order valence-electron chi connectivity index (χ3n) is 2.29. The lowest BCUT2D eigenvalue weighted by atomic mass is 10.0. The molecule has 1 N–H and O–H groups in total. The SMILES string of the molecule is C#CCc1c(O)ccc2ccccc12. The first-order valence-electron chi connectivity index (χ1n) is 4.46. The summed E-state index contributed by atoms with van der Waals surface area (Å²) in [6, 6.07) is 11.5. The maximum absolute atomic E-state index is 9.64. The van der Waals surface area contributed by atoms with Crippen LogP contribution in [0, 0.1) is 12.3 Å². The number of phenols is 1. The molecule has 2 rings (SSSR count). The maximum Gasteiger partial charge on any atom is 0.120 e. The second kappa shape index (κ2) is 3.43. The van der Waals surface area contributed by atoms with Crippen molar-refractivity contribution in [3.8, 4) is 18.1 Å². The Morgan fingerprint density at radius 2 is 1.93 bits per heavy atom. The molecule has 0 atom stereocenters. The van der Waals surface area contributed by atoms with E-state index in [2.05, 4.69) is 5.92 Å². The molecule has 0 saturated heterocycles. The zero-order chi connectivity index (χ0) is 9.97. The summed E-state index contributed by atoms with van der Waals surface area (Å²) < 4.78 is 0. The zero-order valence-corrected chi connectivity index (χ0v) is 7.70. The number of benzene rings is 2. The minimum Gasteiger partial charge on any atom is -0.508 e. The van der Waals surface area contributed by atoms with Crippen LogP contribution in [0.5, 0.6) is 5.75 Å². The van der Waals surface area contributed by atoms with Crippen LogP contribution < -0.4 is 0 Å². The molecule has 0 aliphatic rings. The van der Waals surface area contributed by atoms with Crippen molar-refractivity contribution in [2.45, 2.75) is 6.42 Å². The average molecular weight is 182 g/mol. The number of terminal acetylenes is 1. The van der Waals surface area contributed by atoms with E-state index in [0.29, 0.717) is 6.42 Å². The number of rotatable bonds is 1. The molecule has 2 aromatic rings. The molecule has 0 aromatic heterocycles. The smallest absolute Gasteiger partial charge is 0.120 e. The lowest BCUT2D eigenvalue weighted by Crippen LogP contribution is -1.85. The van der Waals surface area contributed by atoms with E-state index >= 15 is 0 Å². The molecule has 0 heterocycles. The summed E-state index contributed by atoms with van der Waals surface area (Å²) in [5, 5.41) is 11.8. The molecular weight excluding hydrogens is 172 g/mol. The highest BCUT2D eigenvalue weighted by molar-refractivity contribution is 5.87. The van der Waals surface area contributed by atoms with Gasteiger partial charge in [-0.2, -0.15) is 0 Å². The van der Waals surface area contributed by atoms with Gasteiger partial charge in [0.1, 0.15) is 5.75 Å². The Hall–Kier alpha value is -1.94. The van der Waals surface area contributed by atoms with Gasteiger partial charge in [-0.3, -0.25) is 0 Å². The van der Waals surface area contributed by atoms with Crippen LogP contribution in [-0.4, -0.2) is 5.11 Å². The van der Waals surface area contributed by atoms with Crippen molar-refractivity contribution in [2.24, 2.45) is 0 Å². The molecule has 0 aliphatic carbocycles. The number of hydrogen-bond donors (Lipinski definition) is 1. The molecule has 1 heteroatoms. The predicted octanol–water partition coefficient (Wildman–Crippen LogP) is 2.72. The van der Waals surface area contributed by atoms with Gasteiger partial charge in [-0.1, -0.05) is 30.3 Å². The van der Waals surface area contributed by atoms with E-state index in [4.69, 9.17) is 6.42 Å². The first kappa shape index (κ1) is 8.65. The van der Waals surface area contributed by atoms with Gasteiger partial charge in [-0.25, -0.2) is 0 Å². The van der Waals surface area contributed by atoms with Crippen molar-refractivity contribution in [3.63, 3.8) is 0 Å². The second-order valence-corrected chi connectivity index (χ2v) is 3.17. The lowest BCUT2D eigenvalue weighted by Gasteiger charge is -2.05. The molecule has 14 heavy (non-hydrogen) atoms. The van der Waals surface area contributed by atoms with E-state index in [-0.39, 0.29) is 5.75 Å². The Morgan fingerprint density at radius 3 is 2.71 bits per heavy atom. The summed E-state index contributed by atoms with van der Waals surface area (Å²) in [5.41, 5.74) is 0.839. The van der Waals surface area contributed by atoms with Crippen LogP contribution in [0.3, 0.4) is 0 Å². The summed E-state index contributed by atoms with van der Waals surface area (Å²) in [7, 11) is 0. The third-order valence-corrected chi connectivity index (χ3v) is 2.29. The standard InChI is InChI=1S/C13H10O/c1-2-5-12-11-7-4-3-6-10(11)8-9-13(12)14/h1,3-4,6-9,14H,5H2. The highest BCUT2D eigenvalue weighted by Gasteiger charge is 2.04. The van der Waals surface area contributed by atoms with Crippen LogP contribution in [0.4, 0.5) is 0 Å². The Morgan fingerprint density at radius 1 is 1.14 bits per heavy atom. The van der Waals surface area contributed by atoms with Crippen molar-refractivity contribution in [2.75, 3.05) is 0 Å². The summed E-state index contributed by atoms with van der Waals surface area (Å²) >= 11 is 0.